The highest BCUT2D eigenvalue weighted by atomic mass is 16.2. The standard InChI is InChI=1S/C19H27N3O2/c1-5-17(23)21(4)16-9-7-15(8-10-16)18(24)20-12-14-22-13-6-11-19(22,2)3/h5,7-10H,1,6,11-14H2,2-4H3,(H,20,24). The highest BCUT2D eigenvalue weighted by Crippen LogP contribution is 2.27. The summed E-state index contributed by atoms with van der Waals surface area (Å²) in [5.41, 5.74) is 1.56. The number of hydrogen-bond donors (Lipinski definition) is 1. The van der Waals surface area contributed by atoms with Crippen molar-refractivity contribution < 1.29 is 9.59 Å². The topological polar surface area (TPSA) is 52.7 Å². The Hall–Kier alpha value is -2.14. The number of likely N-dealkylation sites (N-methyl/N-ethyl adjacent to an activating group) is 1. The molecular weight excluding hydrogens is 302 g/mol. The van der Waals surface area contributed by atoms with E-state index in [1.807, 2.05) is 0 Å². The van der Waals surface area contributed by atoms with Crippen LogP contribution in [0, 0.1) is 0 Å². The molecule has 1 N–H and O–H groups in total. The lowest BCUT2D eigenvalue weighted by Crippen LogP contribution is -2.42. The zero-order valence-electron chi connectivity index (χ0n) is 14.8. The third-order valence-corrected chi connectivity index (χ3v) is 4.76. The Balaban J connectivity index is 1.86. The molecule has 0 aromatic heterocycles. The van der Waals surface area contributed by atoms with Crippen LogP contribution in [0.4, 0.5) is 5.69 Å². The van der Waals surface area contributed by atoms with Gasteiger partial charge in [-0.3, -0.25) is 14.5 Å². The number of nitrogens with zero attached hydrogens (tertiary/aromatic N) is 2. The van der Waals surface area contributed by atoms with E-state index >= 15 is 0 Å². The van der Waals surface area contributed by atoms with Gasteiger partial charge in [-0.05, 0) is 63.6 Å². The fourth-order valence-electron chi connectivity index (χ4n) is 3.08. The van der Waals surface area contributed by atoms with Crippen LogP contribution < -0.4 is 10.2 Å². The number of rotatable bonds is 6. The van der Waals surface area contributed by atoms with Crippen molar-refractivity contribution in [3.63, 3.8) is 0 Å². The van der Waals surface area contributed by atoms with Gasteiger partial charge < -0.3 is 10.2 Å². The van der Waals surface area contributed by atoms with E-state index < -0.39 is 0 Å². The molecule has 5 nitrogen and oxygen atoms in total. The molecule has 0 aliphatic carbocycles. The van der Waals surface area contributed by atoms with Crippen molar-refractivity contribution in [1.82, 2.24) is 10.2 Å². The summed E-state index contributed by atoms with van der Waals surface area (Å²) in [7, 11) is 1.68. The zero-order chi connectivity index (χ0) is 17.7. The fourth-order valence-corrected chi connectivity index (χ4v) is 3.08. The van der Waals surface area contributed by atoms with Crippen molar-refractivity contribution in [3.8, 4) is 0 Å². The van der Waals surface area contributed by atoms with Crippen molar-refractivity contribution in [2.24, 2.45) is 0 Å². The number of likely N-dealkylation sites (tertiary alicyclic amines) is 1. The Morgan fingerprint density at radius 2 is 2.00 bits per heavy atom. The molecule has 1 heterocycles. The van der Waals surface area contributed by atoms with Crippen molar-refractivity contribution in [2.75, 3.05) is 31.6 Å². The highest BCUT2D eigenvalue weighted by Gasteiger charge is 2.31. The normalized spacial score (nSPS) is 16.6. The average molecular weight is 329 g/mol. The number of amides is 2. The van der Waals surface area contributed by atoms with Crippen LogP contribution in [-0.4, -0.2) is 48.9 Å². The Kier molecular flexibility index (Phi) is 5.78. The van der Waals surface area contributed by atoms with Crippen LogP contribution in [0.25, 0.3) is 0 Å². The number of anilines is 1. The van der Waals surface area contributed by atoms with Gasteiger partial charge in [0.2, 0.25) is 5.91 Å². The Labute approximate surface area is 144 Å². The summed E-state index contributed by atoms with van der Waals surface area (Å²) < 4.78 is 0. The maximum atomic E-state index is 12.2. The van der Waals surface area contributed by atoms with E-state index in [2.05, 4.69) is 30.6 Å². The molecule has 0 saturated carbocycles. The second-order valence-corrected chi connectivity index (χ2v) is 6.81. The first-order valence-corrected chi connectivity index (χ1v) is 8.38. The predicted molar refractivity (Wildman–Crippen MR) is 97.3 cm³/mol. The lowest BCUT2D eigenvalue weighted by Gasteiger charge is -2.31. The van der Waals surface area contributed by atoms with Gasteiger partial charge in [-0.25, -0.2) is 0 Å². The van der Waals surface area contributed by atoms with Crippen molar-refractivity contribution >= 4 is 17.5 Å². The molecule has 1 aromatic rings. The molecule has 1 saturated heterocycles. The fraction of sp³-hybridized carbons (Fsp3) is 0.474. The van der Waals surface area contributed by atoms with Gasteiger partial charge >= 0.3 is 0 Å². The van der Waals surface area contributed by atoms with Gasteiger partial charge in [0, 0.05) is 36.9 Å². The molecular formula is C19H27N3O2. The molecule has 130 valence electrons. The van der Waals surface area contributed by atoms with Crippen molar-refractivity contribution in [1.29, 1.82) is 0 Å². The second-order valence-electron chi connectivity index (χ2n) is 6.81. The predicted octanol–water partition coefficient (Wildman–Crippen LogP) is 2.44. The van der Waals surface area contributed by atoms with Crippen LogP contribution in [0.15, 0.2) is 36.9 Å². The van der Waals surface area contributed by atoms with Gasteiger partial charge in [-0.2, -0.15) is 0 Å². The quantitative estimate of drug-likeness (QED) is 0.816. The molecule has 1 aromatic carbocycles. The first kappa shape index (κ1) is 18.2. The van der Waals surface area contributed by atoms with Crippen LogP contribution in [0.3, 0.4) is 0 Å². The minimum absolute atomic E-state index is 0.0868. The first-order chi connectivity index (χ1) is 11.3. The summed E-state index contributed by atoms with van der Waals surface area (Å²) >= 11 is 0. The number of hydrogen-bond acceptors (Lipinski definition) is 3. The first-order valence-electron chi connectivity index (χ1n) is 8.38. The lowest BCUT2D eigenvalue weighted by atomic mass is 10.0. The third-order valence-electron chi connectivity index (χ3n) is 4.76. The van der Waals surface area contributed by atoms with E-state index in [0.29, 0.717) is 12.1 Å². The van der Waals surface area contributed by atoms with E-state index in [0.717, 1.165) is 18.8 Å². The van der Waals surface area contributed by atoms with Crippen LogP contribution in [-0.2, 0) is 4.79 Å². The van der Waals surface area contributed by atoms with Gasteiger partial charge in [0.15, 0.2) is 0 Å². The molecule has 2 amide bonds. The van der Waals surface area contributed by atoms with E-state index in [1.165, 1.54) is 23.8 Å². The summed E-state index contributed by atoms with van der Waals surface area (Å²) in [6.07, 6.45) is 3.69. The van der Waals surface area contributed by atoms with Crippen LogP contribution in [0.2, 0.25) is 0 Å². The molecule has 24 heavy (non-hydrogen) atoms. The lowest BCUT2D eigenvalue weighted by molar-refractivity contribution is -0.113. The summed E-state index contributed by atoms with van der Waals surface area (Å²) in [6, 6.07) is 6.99. The summed E-state index contributed by atoms with van der Waals surface area (Å²) in [5.74, 6) is -0.267. The molecule has 5 heteroatoms. The molecule has 2 rings (SSSR count). The van der Waals surface area contributed by atoms with Gasteiger partial charge in [-0.1, -0.05) is 6.58 Å². The van der Waals surface area contributed by atoms with Gasteiger partial charge in [0.05, 0.1) is 0 Å². The maximum Gasteiger partial charge on any atom is 0.251 e. The summed E-state index contributed by atoms with van der Waals surface area (Å²) in [4.78, 5) is 27.7. The number of nitrogens with one attached hydrogen (secondary N) is 1. The molecule has 1 aliphatic rings. The molecule has 0 unspecified atom stereocenters. The van der Waals surface area contributed by atoms with Crippen molar-refractivity contribution in [2.45, 2.75) is 32.2 Å². The SMILES string of the molecule is C=CC(=O)N(C)c1ccc(C(=O)NCCN2CCCC2(C)C)cc1. The number of carbonyl (C=O) groups excluding carboxylic acids is 2. The molecule has 1 aliphatic heterocycles. The molecule has 0 atom stereocenters. The van der Waals surface area contributed by atoms with Crippen molar-refractivity contribution in [3.05, 3.63) is 42.5 Å². The van der Waals surface area contributed by atoms with Gasteiger partial charge in [0.25, 0.3) is 5.91 Å². The minimum atomic E-state index is -0.180. The van der Waals surface area contributed by atoms with Gasteiger partial charge in [0.1, 0.15) is 0 Å². The van der Waals surface area contributed by atoms with Crippen LogP contribution in [0.5, 0.6) is 0 Å². The largest absolute Gasteiger partial charge is 0.351 e. The zero-order valence-corrected chi connectivity index (χ0v) is 14.8. The smallest absolute Gasteiger partial charge is 0.251 e. The molecule has 0 spiro atoms. The molecule has 0 bridgehead atoms. The van der Waals surface area contributed by atoms with E-state index in [-0.39, 0.29) is 17.4 Å². The third kappa shape index (κ3) is 4.23. The average Bonchev–Trinajstić information content (AvgIpc) is 2.92. The molecule has 1 fully saturated rings. The van der Waals surface area contributed by atoms with Crippen LogP contribution in [0.1, 0.15) is 37.0 Å². The monoisotopic (exact) mass is 329 g/mol. The number of benzene rings is 1. The van der Waals surface area contributed by atoms with Gasteiger partial charge in [-0.15, -0.1) is 0 Å². The highest BCUT2D eigenvalue weighted by molar-refractivity contribution is 6.01. The van der Waals surface area contributed by atoms with E-state index in [1.54, 1.807) is 31.3 Å². The molecule has 0 radical (unpaired) electrons. The van der Waals surface area contributed by atoms with E-state index in [4.69, 9.17) is 0 Å². The Morgan fingerprint density at radius 3 is 2.54 bits per heavy atom. The second kappa shape index (κ2) is 7.62. The Bertz CT molecular complexity index is 608. The van der Waals surface area contributed by atoms with E-state index in [9.17, 15) is 9.59 Å². The Morgan fingerprint density at radius 1 is 1.33 bits per heavy atom. The summed E-state index contributed by atoms with van der Waals surface area (Å²) in [5, 5.41) is 2.97. The maximum absolute atomic E-state index is 12.2. The number of carbonyl (C=O) groups is 2. The minimum Gasteiger partial charge on any atom is -0.351 e. The summed E-state index contributed by atoms with van der Waals surface area (Å²) in [6.45, 7) is 10.6. The van der Waals surface area contributed by atoms with Crippen LogP contribution >= 0.6 is 0 Å².